The third-order valence-electron chi connectivity index (χ3n) is 4.14. The molecule has 3 atom stereocenters. The number of hydrogen-bond acceptors (Lipinski definition) is 3. The first kappa shape index (κ1) is 11.4. The van der Waals surface area contributed by atoms with Crippen molar-refractivity contribution in [1.29, 1.82) is 0 Å². The van der Waals surface area contributed by atoms with Crippen molar-refractivity contribution in [3.05, 3.63) is 0 Å². The van der Waals surface area contributed by atoms with E-state index in [1.807, 2.05) is 0 Å². The van der Waals surface area contributed by atoms with E-state index < -0.39 is 0 Å². The van der Waals surface area contributed by atoms with E-state index in [-0.39, 0.29) is 12.1 Å². The van der Waals surface area contributed by atoms with E-state index in [1.54, 1.807) is 0 Å². The van der Waals surface area contributed by atoms with E-state index in [9.17, 15) is 5.11 Å². The Bertz CT molecular complexity index is 222. The Kier molecular flexibility index (Phi) is 3.33. The topological polar surface area (TPSA) is 49.5 Å². The van der Waals surface area contributed by atoms with Crippen LogP contribution in [-0.2, 0) is 0 Å². The van der Waals surface area contributed by atoms with Crippen molar-refractivity contribution >= 4 is 0 Å². The molecule has 2 rings (SSSR count). The molecule has 1 heterocycles. The van der Waals surface area contributed by atoms with Crippen molar-refractivity contribution in [2.45, 2.75) is 50.6 Å². The van der Waals surface area contributed by atoms with Gasteiger partial charge in [-0.25, -0.2) is 0 Å². The maximum atomic E-state index is 9.32. The van der Waals surface area contributed by atoms with Crippen LogP contribution in [0.3, 0.4) is 0 Å². The molecule has 1 saturated carbocycles. The lowest BCUT2D eigenvalue weighted by Gasteiger charge is -2.40. The minimum atomic E-state index is -0.297. The fraction of sp³-hybridized carbons (Fsp3) is 1.00. The third-order valence-corrected chi connectivity index (χ3v) is 4.14. The molecule has 3 N–H and O–H groups in total. The molecule has 0 amide bonds. The monoisotopic (exact) mass is 212 g/mol. The Morgan fingerprint density at radius 3 is 2.87 bits per heavy atom. The normalized spacial score (nSPS) is 43.4. The van der Waals surface area contributed by atoms with Crippen LogP contribution in [0.2, 0.25) is 0 Å². The molecule has 0 radical (unpaired) electrons. The average Bonchev–Trinajstić information content (AvgIpc) is 2.65. The summed E-state index contributed by atoms with van der Waals surface area (Å²) in [4.78, 5) is 2.58. The number of rotatable bonds is 2. The molecule has 88 valence electrons. The molecular weight excluding hydrogens is 188 g/mol. The molecule has 0 aromatic carbocycles. The van der Waals surface area contributed by atoms with E-state index in [0.29, 0.717) is 6.04 Å². The van der Waals surface area contributed by atoms with Gasteiger partial charge in [-0.05, 0) is 44.6 Å². The van der Waals surface area contributed by atoms with E-state index in [1.165, 1.54) is 32.4 Å². The molecule has 3 heteroatoms. The molecule has 0 aromatic heterocycles. The fourth-order valence-electron chi connectivity index (χ4n) is 3.12. The smallest absolute Gasteiger partial charge is 0.0611 e. The van der Waals surface area contributed by atoms with Gasteiger partial charge in [0.05, 0.1) is 6.61 Å². The minimum absolute atomic E-state index is 0.146. The summed E-state index contributed by atoms with van der Waals surface area (Å²) in [5.74, 6) is 0.841. The van der Waals surface area contributed by atoms with Crippen molar-refractivity contribution in [3.8, 4) is 0 Å². The van der Waals surface area contributed by atoms with Crippen molar-refractivity contribution in [2.75, 3.05) is 19.7 Å². The van der Waals surface area contributed by atoms with Gasteiger partial charge in [0.15, 0.2) is 0 Å². The first-order valence-corrected chi connectivity index (χ1v) is 6.27. The van der Waals surface area contributed by atoms with Crippen LogP contribution in [0.15, 0.2) is 0 Å². The molecule has 15 heavy (non-hydrogen) atoms. The SMILES string of the molecule is CC1CCN(C2CCCC(N)(CO)C2)C1. The first-order chi connectivity index (χ1) is 7.13. The summed E-state index contributed by atoms with van der Waals surface area (Å²) in [6.45, 7) is 4.93. The van der Waals surface area contributed by atoms with Gasteiger partial charge in [-0.3, -0.25) is 0 Å². The Balaban J connectivity index is 1.92. The van der Waals surface area contributed by atoms with Crippen LogP contribution in [0.25, 0.3) is 0 Å². The summed E-state index contributed by atoms with van der Waals surface area (Å²) < 4.78 is 0. The quantitative estimate of drug-likeness (QED) is 0.717. The van der Waals surface area contributed by atoms with E-state index in [4.69, 9.17) is 5.73 Å². The number of aliphatic hydroxyl groups is 1. The van der Waals surface area contributed by atoms with Crippen LogP contribution in [0, 0.1) is 5.92 Å². The van der Waals surface area contributed by atoms with Crippen molar-refractivity contribution < 1.29 is 5.11 Å². The van der Waals surface area contributed by atoms with Crippen LogP contribution < -0.4 is 5.73 Å². The lowest BCUT2D eigenvalue weighted by Crippen LogP contribution is -2.52. The Labute approximate surface area is 92.6 Å². The zero-order chi connectivity index (χ0) is 10.9. The van der Waals surface area contributed by atoms with Crippen LogP contribution in [0.5, 0.6) is 0 Å². The molecule has 3 unspecified atom stereocenters. The molecule has 0 spiro atoms. The van der Waals surface area contributed by atoms with Crippen LogP contribution in [0.1, 0.15) is 39.0 Å². The summed E-state index contributed by atoms with van der Waals surface area (Å²) >= 11 is 0. The van der Waals surface area contributed by atoms with Gasteiger partial charge in [0, 0.05) is 18.1 Å². The predicted octanol–water partition coefficient (Wildman–Crippen LogP) is 0.961. The van der Waals surface area contributed by atoms with Gasteiger partial charge < -0.3 is 15.7 Å². The fourth-order valence-corrected chi connectivity index (χ4v) is 3.12. The highest BCUT2D eigenvalue weighted by Gasteiger charge is 2.36. The van der Waals surface area contributed by atoms with Gasteiger partial charge in [-0.15, -0.1) is 0 Å². The van der Waals surface area contributed by atoms with Crippen molar-refractivity contribution in [1.82, 2.24) is 4.90 Å². The minimum Gasteiger partial charge on any atom is -0.394 e. The Hall–Kier alpha value is -0.120. The second kappa shape index (κ2) is 4.40. The van der Waals surface area contributed by atoms with E-state index >= 15 is 0 Å². The number of nitrogens with two attached hydrogens (primary N) is 1. The zero-order valence-corrected chi connectivity index (χ0v) is 9.78. The predicted molar refractivity (Wildman–Crippen MR) is 61.6 cm³/mol. The van der Waals surface area contributed by atoms with Crippen LogP contribution >= 0.6 is 0 Å². The van der Waals surface area contributed by atoms with Gasteiger partial charge >= 0.3 is 0 Å². The first-order valence-electron chi connectivity index (χ1n) is 6.27. The summed E-state index contributed by atoms with van der Waals surface area (Å²) in [6.07, 6.45) is 5.74. The van der Waals surface area contributed by atoms with Gasteiger partial charge in [0.25, 0.3) is 0 Å². The van der Waals surface area contributed by atoms with Gasteiger partial charge in [-0.1, -0.05) is 6.92 Å². The number of likely N-dealkylation sites (tertiary alicyclic amines) is 1. The largest absolute Gasteiger partial charge is 0.394 e. The Morgan fingerprint density at radius 2 is 2.27 bits per heavy atom. The van der Waals surface area contributed by atoms with E-state index in [0.717, 1.165) is 18.8 Å². The highest BCUT2D eigenvalue weighted by molar-refractivity contribution is 4.95. The Morgan fingerprint density at radius 1 is 1.47 bits per heavy atom. The number of hydrogen-bond donors (Lipinski definition) is 2. The van der Waals surface area contributed by atoms with Crippen LogP contribution in [-0.4, -0.2) is 41.3 Å². The summed E-state index contributed by atoms with van der Waals surface area (Å²) in [6, 6.07) is 0.626. The summed E-state index contributed by atoms with van der Waals surface area (Å²) in [5.41, 5.74) is 5.88. The molecule has 2 fully saturated rings. The third kappa shape index (κ3) is 2.52. The average molecular weight is 212 g/mol. The molecule has 2 aliphatic rings. The molecule has 1 saturated heterocycles. The second-order valence-electron chi connectivity index (χ2n) is 5.66. The summed E-state index contributed by atoms with van der Waals surface area (Å²) in [5, 5.41) is 9.32. The van der Waals surface area contributed by atoms with E-state index in [2.05, 4.69) is 11.8 Å². The number of aliphatic hydroxyl groups excluding tert-OH is 1. The van der Waals surface area contributed by atoms with Crippen molar-refractivity contribution in [3.63, 3.8) is 0 Å². The lowest BCUT2D eigenvalue weighted by atomic mass is 9.80. The second-order valence-corrected chi connectivity index (χ2v) is 5.66. The standard InChI is InChI=1S/C12H24N2O/c1-10-4-6-14(8-10)11-3-2-5-12(13,7-11)9-15/h10-11,15H,2-9,13H2,1H3. The molecule has 1 aliphatic heterocycles. The van der Waals surface area contributed by atoms with Crippen molar-refractivity contribution in [2.24, 2.45) is 11.7 Å². The summed E-state index contributed by atoms with van der Waals surface area (Å²) in [7, 11) is 0. The molecular formula is C12H24N2O. The molecule has 1 aliphatic carbocycles. The van der Waals surface area contributed by atoms with Gasteiger partial charge in [-0.2, -0.15) is 0 Å². The highest BCUT2D eigenvalue weighted by Crippen LogP contribution is 2.31. The maximum Gasteiger partial charge on any atom is 0.0611 e. The lowest BCUT2D eigenvalue weighted by molar-refractivity contribution is 0.0922. The maximum absolute atomic E-state index is 9.32. The number of nitrogens with zero attached hydrogens (tertiary/aromatic N) is 1. The zero-order valence-electron chi connectivity index (χ0n) is 9.78. The highest BCUT2D eigenvalue weighted by atomic mass is 16.3. The van der Waals surface area contributed by atoms with Crippen LogP contribution in [0.4, 0.5) is 0 Å². The van der Waals surface area contributed by atoms with Gasteiger partial charge in [0.1, 0.15) is 0 Å². The molecule has 0 bridgehead atoms. The van der Waals surface area contributed by atoms with Gasteiger partial charge in [0.2, 0.25) is 0 Å². The molecule has 3 nitrogen and oxygen atoms in total. The molecule has 0 aromatic rings.